The summed E-state index contributed by atoms with van der Waals surface area (Å²) in [4.78, 5) is 12.1. The van der Waals surface area contributed by atoms with Gasteiger partial charge in [0, 0.05) is 12.5 Å². The highest BCUT2D eigenvalue weighted by Crippen LogP contribution is 2.33. The van der Waals surface area contributed by atoms with Crippen molar-refractivity contribution < 1.29 is 4.79 Å². The van der Waals surface area contributed by atoms with E-state index in [0.717, 1.165) is 25.2 Å². The summed E-state index contributed by atoms with van der Waals surface area (Å²) in [6, 6.07) is 7.44. The van der Waals surface area contributed by atoms with E-state index in [1.807, 2.05) is 18.2 Å². The van der Waals surface area contributed by atoms with Crippen LogP contribution in [0, 0.1) is 5.92 Å². The van der Waals surface area contributed by atoms with Gasteiger partial charge in [0.2, 0.25) is 5.91 Å². The molecule has 1 aromatic rings. The lowest BCUT2D eigenvalue weighted by atomic mass is 9.76. The van der Waals surface area contributed by atoms with Crippen LogP contribution in [-0.4, -0.2) is 24.5 Å². The van der Waals surface area contributed by atoms with E-state index in [9.17, 15) is 4.79 Å². The summed E-state index contributed by atoms with van der Waals surface area (Å²) in [6.45, 7) is 3.64. The standard InChI is InChI=1S/C14H20ClN3O/c1-2-10-9-17-8-7-14(10,13(16)19)18-12-6-4-3-5-11(12)15/h3-6,10,17-18H,2,7-9H2,1H3,(H2,16,19). The molecule has 104 valence electrons. The molecule has 0 saturated carbocycles. The summed E-state index contributed by atoms with van der Waals surface area (Å²) < 4.78 is 0. The summed E-state index contributed by atoms with van der Waals surface area (Å²) >= 11 is 6.17. The minimum atomic E-state index is -0.717. The minimum Gasteiger partial charge on any atom is -0.370 e. The van der Waals surface area contributed by atoms with Gasteiger partial charge >= 0.3 is 0 Å². The second-order valence-corrected chi connectivity index (χ2v) is 5.41. The number of hydrogen-bond donors (Lipinski definition) is 3. The van der Waals surface area contributed by atoms with Crippen molar-refractivity contribution in [3.63, 3.8) is 0 Å². The van der Waals surface area contributed by atoms with E-state index >= 15 is 0 Å². The first-order chi connectivity index (χ1) is 9.10. The van der Waals surface area contributed by atoms with Gasteiger partial charge in [-0.25, -0.2) is 0 Å². The second kappa shape index (κ2) is 5.80. The van der Waals surface area contributed by atoms with Crippen molar-refractivity contribution in [3.8, 4) is 0 Å². The van der Waals surface area contributed by atoms with Gasteiger partial charge in [0.25, 0.3) is 0 Å². The van der Waals surface area contributed by atoms with Crippen LogP contribution in [0.25, 0.3) is 0 Å². The summed E-state index contributed by atoms with van der Waals surface area (Å²) in [5, 5.41) is 7.24. The molecular weight excluding hydrogens is 262 g/mol. The number of primary amides is 1. The van der Waals surface area contributed by atoms with Crippen LogP contribution in [0.2, 0.25) is 5.02 Å². The number of piperidine rings is 1. The lowest BCUT2D eigenvalue weighted by Crippen LogP contribution is -2.62. The molecule has 1 fully saturated rings. The van der Waals surface area contributed by atoms with Gasteiger partial charge in [-0.15, -0.1) is 0 Å². The highest BCUT2D eigenvalue weighted by molar-refractivity contribution is 6.33. The van der Waals surface area contributed by atoms with Crippen LogP contribution in [-0.2, 0) is 4.79 Å². The van der Waals surface area contributed by atoms with Crippen LogP contribution < -0.4 is 16.4 Å². The van der Waals surface area contributed by atoms with E-state index < -0.39 is 5.54 Å². The topological polar surface area (TPSA) is 67.2 Å². The third kappa shape index (κ3) is 2.69. The van der Waals surface area contributed by atoms with Crippen molar-refractivity contribution in [1.82, 2.24) is 5.32 Å². The molecule has 4 nitrogen and oxygen atoms in total. The molecule has 2 unspecified atom stereocenters. The fourth-order valence-electron chi connectivity index (χ4n) is 2.79. The van der Waals surface area contributed by atoms with Gasteiger partial charge in [0.1, 0.15) is 5.54 Å². The zero-order chi connectivity index (χ0) is 13.9. The van der Waals surface area contributed by atoms with Gasteiger partial charge in [0.05, 0.1) is 10.7 Å². The molecule has 1 saturated heterocycles. The van der Waals surface area contributed by atoms with Gasteiger partial charge in [-0.1, -0.05) is 30.7 Å². The number of halogens is 1. The van der Waals surface area contributed by atoms with E-state index in [-0.39, 0.29) is 11.8 Å². The molecule has 1 amide bonds. The predicted octanol–water partition coefficient (Wildman–Crippen LogP) is 2.00. The number of amides is 1. The number of carbonyl (C=O) groups is 1. The normalized spacial score (nSPS) is 26.9. The smallest absolute Gasteiger partial charge is 0.243 e. The number of nitrogens with two attached hydrogens (primary N) is 1. The summed E-state index contributed by atoms with van der Waals surface area (Å²) in [5.41, 5.74) is 5.74. The third-order valence-electron chi connectivity index (χ3n) is 3.95. The molecule has 1 aliphatic rings. The van der Waals surface area contributed by atoms with E-state index in [0.29, 0.717) is 11.4 Å². The summed E-state index contributed by atoms with van der Waals surface area (Å²) in [6.07, 6.45) is 1.56. The zero-order valence-electron chi connectivity index (χ0n) is 11.1. The number of para-hydroxylation sites is 1. The fraction of sp³-hybridized carbons (Fsp3) is 0.500. The lowest BCUT2D eigenvalue weighted by molar-refractivity contribution is -0.125. The maximum atomic E-state index is 12.1. The third-order valence-corrected chi connectivity index (χ3v) is 4.28. The Morgan fingerprint density at radius 2 is 2.32 bits per heavy atom. The van der Waals surface area contributed by atoms with E-state index in [4.69, 9.17) is 17.3 Å². The number of hydrogen-bond acceptors (Lipinski definition) is 3. The minimum absolute atomic E-state index is 0.162. The molecule has 5 heteroatoms. The number of rotatable bonds is 4. The Balaban J connectivity index is 2.34. The SMILES string of the molecule is CCC1CNCCC1(Nc1ccccc1Cl)C(N)=O. The van der Waals surface area contributed by atoms with E-state index in [1.54, 1.807) is 6.07 Å². The highest BCUT2D eigenvalue weighted by Gasteiger charge is 2.45. The number of carbonyl (C=O) groups excluding carboxylic acids is 1. The van der Waals surface area contributed by atoms with Crippen molar-refractivity contribution in [3.05, 3.63) is 29.3 Å². The first-order valence-corrected chi connectivity index (χ1v) is 7.01. The monoisotopic (exact) mass is 281 g/mol. The molecular formula is C14H20ClN3O. The van der Waals surface area contributed by atoms with Gasteiger partial charge in [-0.05, 0) is 31.5 Å². The summed E-state index contributed by atoms with van der Waals surface area (Å²) in [7, 11) is 0. The molecule has 0 radical (unpaired) electrons. The molecule has 19 heavy (non-hydrogen) atoms. The van der Waals surface area contributed by atoms with E-state index in [1.165, 1.54) is 0 Å². The van der Waals surface area contributed by atoms with Crippen molar-refractivity contribution in [1.29, 1.82) is 0 Å². The molecule has 1 aliphatic heterocycles. The Labute approximate surface area is 118 Å². The molecule has 0 spiro atoms. The average Bonchev–Trinajstić information content (AvgIpc) is 2.41. The molecule has 2 atom stereocenters. The molecule has 1 aromatic carbocycles. The number of nitrogens with one attached hydrogen (secondary N) is 2. The van der Waals surface area contributed by atoms with Crippen molar-refractivity contribution in [2.75, 3.05) is 18.4 Å². The maximum absolute atomic E-state index is 12.1. The van der Waals surface area contributed by atoms with Gasteiger partial charge in [-0.3, -0.25) is 4.79 Å². The van der Waals surface area contributed by atoms with Crippen LogP contribution in [0.4, 0.5) is 5.69 Å². The van der Waals surface area contributed by atoms with Crippen molar-refractivity contribution >= 4 is 23.2 Å². The van der Waals surface area contributed by atoms with Crippen LogP contribution in [0.1, 0.15) is 19.8 Å². The first kappa shape index (κ1) is 14.2. The van der Waals surface area contributed by atoms with Crippen molar-refractivity contribution in [2.24, 2.45) is 11.7 Å². The quantitative estimate of drug-likeness (QED) is 0.791. The Morgan fingerprint density at radius 1 is 1.58 bits per heavy atom. The van der Waals surface area contributed by atoms with Gasteiger partial charge < -0.3 is 16.4 Å². The molecule has 0 bridgehead atoms. The Morgan fingerprint density at radius 3 is 2.95 bits per heavy atom. The maximum Gasteiger partial charge on any atom is 0.243 e. The van der Waals surface area contributed by atoms with Gasteiger partial charge in [0.15, 0.2) is 0 Å². The van der Waals surface area contributed by atoms with Crippen molar-refractivity contribution in [2.45, 2.75) is 25.3 Å². The highest BCUT2D eigenvalue weighted by atomic mass is 35.5. The zero-order valence-corrected chi connectivity index (χ0v) is 11.8. The second-order valence-electron chi connectivity index (χ2n) is 5.00. The largest absolute Gasteiger partial charge is 0.370 e. The lowest BCUT2D eigenvalue weighted by Gasteiger charge is -2.43. The van der Waals surface area contributed by atoms with Crippen LogP contribution in [0.5, 0.6) is 0 Å². The molecule has 1 heterocycles. The van der Waals surface area contributed by atoms with Crippen LogP contribution in [0.15, 0.2) is 24.3 Å². The number of benzene rings is 1. The Hall–Kier alpha value is -1.26. The number of anilines is 1. The van der Waals surface area contributed by atoms with Gasteiger partial charge in [-0.2, -0.15) is 0 Å². The van der Waals surface area contributed by atoms with E-state index in [2.05, 4.69) is 17.6 Å². The molecule has 0 aromatic heterocycles. The Kier molecular flexibility index (Phi) is 4.32. The Bertz CT molecular complexity index is 466. The summed E-state index contributed by atoms with van der Waals surface area (Å²) in [5.74, 6) is -0.143. The fourth-order valence-corrected chi connectivity index (χ4v) is 2.97. The first-order valence-electron chi connectivity index (χ1n) is 6.63. The molecule has 0 aliphatic carbocycles. The molecule has 2 rings (SSSR count). The predicted molar refractivity (Wildman–Crippen MR) is 78.3 cm³/mol. The van der Waals surface area contributed by atoms with Crippen LogP contribution in [0.3, 0.4) is 0 Å². The molecule has 4 N–H and O–H groups in total. The average molecular weight is 282 g/mol. The van der Waals surface area contributed by atoms with Crippen LogP contribution >= 0.6 is 11.6 Å².